The van der Waals surface area contributed by atoms with Crippen LogP contribution in [-0.4, -0.2) is 26.9 Å². The Hall–Kier alpha value is -2.05. The number of aryl methyl sites for hydroxylation is 2. The molecule has 0 aliphatic heterocycles. The molecule has 2 rings (SSSR count). The lowest BCUT2D eigenvalue weighted by atomic mass is 10.1. The molecule has 0 radical (unpaired) electrons. The standard InChI is InChI=1S/C21H27ClN2O3S/c1-14(2)17(5)23-21(25)13-24(18-9-8-16(4)20(22)12-18)28(26,27)19-10-6-15(3)7-11-19/h6-12,14,17H,13H2,1-5H3,(H,23,25)/t17-/m1/s1. The maximum atomic E-state index is 13.3. The van der Waals surface area contributed by atoms with E-state index >= 15 is 0 Å². The predicted octanol–water partition coefficient (Wildman–Crippen LogP) is 4.31. The smallest absolute Gasteiger partial charge is 0.264 e. The molecule has 152 valence electrons. The number of nitrogens with one attached hydrogen (secondary N) is 1. The van der Waals surface area contributed by atoms with Gasteiger partial charge in [0.25, 0.3) is 10.0 Å². The first-order valence-electron chi connectivity index (χ1n) is 9.17. The number of nitrogens with zero attached hydrogens (tertiary/aromatic N) is 1. The molecule has 0 spiro atoms. The molecule has 0 aromatic heterocycles. The number of sulfonamides is 1. The summed E-state index contributed by atoms with van der Waals surface area (Å²) in [5.41, 5.74) is 2.13. The van der Waals surface area contributed by atoms with Crippen molar-refractivity contribution in [2.75, 3.05) is 10.8 Å². The second kappa shape index (κ2) is 8.97. The average Bonchev–Trinajstić information content (AvgIpc) is 2.62. The minimum atomic E-state index is -3.94. The third-order valence-electron chi connectivity index (χ3n) is 4.73. The van der Waals surface area contributed by atoms with Crippen LogP contribution in [0.3, 0.4) is 0 Å². The molecule has 1 atom stereocenters. The number of anilines is 1. The van der Waals surface area contributed by atoms with E-state index in [-0.39, 0.29) is 29.3 Å². The Bertz CT molecular complexity index is 941. The highest BCUT2D eigenvalue weighted by Gasteiger charge is 2.28. The third-order valence-corrected chi connectivity index (χ3v) is 6.92. The zero-order chi connectivity index (χ0) is 21.1. The molecule has 28 heavy (non-hydrogen) atoms. The van der Waals surface area contributed by atoms with E-state index in [0.717, 1.165) is 15.4 Å². The van der Waals surface area contributed by atoms with E-state index in [1.165, 1.54) is 0 Å². The van der Waals surface area contributed by atoms with Gasteiger partial charge in [0.2, 0.25) is 5.91 Å². The second-order valence-corrected chi connectivity index (χ2v) is 9.63. The van der Waals surface area contributed by atoms with Crippen LogP contribution in [0.5, 0.6) is 0 Å². The molecule has 0 bridgehead atoms. The molecule has 5 nitrogen and oxygen atoms in total. The predicted molar refractivity (Wildman–Crippen MR) is 114 cm³/mol. The van der Waals surface area contributed by atoms with Crippen molar-refractivity contribution in [1.29, 1.82) is 0 Å². The quantitative estimate of drug-likeness (QED) is 0.722. The number of benzene rings is 2. The molecule has 0 unspecified atom stereocenters. The summed E-state index contributed by atoms with van der Waals surface area (Å²) in [6, 6.07) is 11.4. The molecule has 1 N–H and O–H groups in total. The van der Waals surface area contributed by atoms with Crippen LogP contribution in [0.25, 0.3) is 0 Å². The monoisotopic (exact) mass is 422 g/mol. The lowest BCUT2D eigenvalue weighted by molar-refractivity contribution is -0.120. The van der Waals surface area contributed by atoms with Crippen LogP contribution in [-0.2, 0) is 14.8 Å². The van der Waals surface area contributed by atoms with Crippen LogP contribution in [0.2, 0.25) is 5.02 Å². The zero-order valence-corrected chi connectivity index (χ0v) is 18.4. The van der Waals surface area contributed by atoms with Gasteiger partial charge in [-0.15, -0.1) is 0 Å². The molecule has 2 aromatic rings. The topological polar surface area (TPSA) is 66.5 Å². The van der Waals surface area contributed by atoms with E-state index in [9.17, 15) is 13.2 Å². The average molecular weight is 423 g/mol. The first-order valence-corrected chi connectivity index (χ1v) is 11.0. The number of carbonyl (C=O) groups excluding carboxylic acids is 1. The first-order chi connectivity index (χ1) is 13.0. The summed E-state index contributed by atoms with van der Waals surface area (Å²) in [6.07, 6.45) is 0. The highest BCUT2D eigenvalue weighted by atomic mass is 35.5. The largest absolute Gasteiger partial charge is 0.352 e. The van der Waals surface area contributed by atoms with Crippen molar-refractivity contribution >= 4 is 33.2 Å². The molecule has 0 fully saturated rings. The minimum absolute atomic E-state index is 0.0713. The van der Waals surface area contributed by atoms with Crippen LogP contribution in [0.1, 0.15) is 31.9 Å². The zero-order valence-electron chi connectivity index (χ0n) is 16.9. The Morgan fingerprint density at radius 2 is 1.68 bits per heavy atom. The number of hydrogen-bond donors (Lipinski definition) is 1. The maximum absolute atomic E-state index is 13.3. The van der Waals surface area contributed by atoms with Crippen molar-refractivity contribution in [2.24, 2.45) is 5.92 Å². The SMILES string of the molecule is Cc1ccc(S(=O)(=O)N(CC(=O)N[C@H](C)C(C)C)c2ccc(C)c(Cl)c2)cc1. The highest BCUT2D eigenvalue weighted by Crippen LogP contribution is 2.28. The van der Waals surface area contributed by atoms with Gasteiger partial charge in [-0.3, -0.25) is 9.10 Å². The normalized spacial score (nSPS) is 12.7. The Kier molecular flexibility index (Phi) is 7.12. The lowest BCUT2D eigenvalue weighted by Gasteiger charge is -2.26. The van der Waals surface area contributed by atoms with Crippen LogP contribution >= 0.6 is 11.6 Å². The van der Waals surface area contributed by atoms with Gasteiger partial charge in [-0.25, -0.2) is 8.42 Å². The van der Waals surface area contributed by atoms with Gasteiger partial charge in [0.1, 0.15) is 6.54 Å². The summed E-state index contributed by atoms with van der Waals surface area (Å²) in [7, 11) is -3.94. The van der Waals surface area contributed by atoms with E-state index < -0.39 is 10.0 Å². The summed E-state index contributed by atoms with van der Waals surface area (Å²) >= 11 is 6.22. The molecular formula is C21H27ClN2O3S. The van der Waals surface area contributed by atoms with Gasteiger partial charge < -0.3 is 5.32 Å². The van der Waals surface area contributed by atoms with Crippen molar-refractivity contribution in [3.05, 3.63) is 58.6 Å². The second-order valence-electron chi connectivity index (χ2n) is 7.36. The summed E-state index contributed by atoms with van der Waals surface area (Å²) in [5, 5.41) is 3.30. The van der Waals surface area contributed by atoms with Gasteiger partial charge in [0.05, 0.1) is 10.6 Å². The van der Waals surface area contributed by atoms with Gasteiger partial charge in [-0.1, -0.05) is 49.2 Å². The summed E-state index contributed by atoms with van der Waals surface area (Å²) in [6.45, 7) is 9.27. The number of carbonyl (C=O) groups is 1. The van der Waals surface area contributed by atoms with Gasteiger partial charge in [-0.05, 0) is 56.5 Å². The Balaban J connectivity index is 2.44. The van der Waals surface area contributed by atoms with E-state index in [1.54, 1.807) is 42.5 Å². The van der Waals surface area contributed by atoms with E-state index in [1.807, 2.05) is 34.6 Å². The van der Waals surface area contributed by atoms with E-state index in [2.05, 4.69) is 5.32 Å². The van der Waals surface area contributed by atoms with Crippen molar-refractivity contribution in [2.45, 2.75) is 45.6 Å². The minimum Gasteiger partial charge on any atom is -0.352 e. The Labute approximate surface area is 172 Å². The maximum Gasteiger partial charge on any atom is 0.264 e. The highest BCUT2D eigenvalue weighted by molar-refractivity contribution is 7.92. The Morgan fingerprint density at radius 3 is 2.21 bits per heavy atom. The van der Waals surface area contributed by atoms with Crippen molar-refractivity contribution in [3.63, 3.8) is 0 Å². The molecular weight excluding hydrogens is 396 g/mol. The summed E-state index contributed by atoms with van der Waals surface area (Å²) in [5.74, 6) is -0.131. The molecule has 0 saturated carbocycles. The van der Waals surface area contributed by atoms with E-state index in [4.69, 9.17) is 11.6 Å². The molecule has 0 saturated heterocycles. The fourth-order valence-electron chi connectivity index (χ4n) is 2.49. The fourth-order valence-corrected chi connectivity index (χ4v) is 4.07. The molecule has 2 aromatic carbocycles. The van der Waals surface area contributed by atoms with Crippen LogP contribution in [0.4, 0.5) is 5.69 Å². The molecule has 0 heterocycles. The Morgan fingerprint density at radius 1 is 1.07 bits per heavy atom. The van der Waals surface area contributed by atoms with Crippen LogP contribution in [0, 0.1) is 19.8 Å². The van der Waals surface area contributed by atoms with Gasteiger partial charge in [0.15, 0.2) is 0 Å². The third kappa shape index (κ3) is 5.26. The lowest BCUT2D eigenvalue weighted by Crippen LogP contribution is -2.45. The van der Waals surface area contributed by atoms with E-state index in [0.29, 0.717) is 10.7 Å². The molecule has 7 heteroatoms. The summed E-state index contributed by atoms with van der Waals surface area (Å²) < 4.78 is 27.7. The number of rotatable bonds is 7. The van der Waals surface area contributed by atoms with Crippen molar-refractivity contribution in [1.82, 2.24) is 5.32 Å². The molecule has 0 aliphatic rings. The summed E-state index contributed by atoms with van der Waals surface area (Å²) in [4.78, 5) is 12.7. The van der Waals surface area contributed by atoms with Gasteiger partial charge in [-0.2, -0.15) is 0 Å². The van der Waals surface area contributed by atoms with Crippen molar-refractivity contribution in [3.8, 4) is 0 Å². The van der Waals surface area contributed by atoms with Crippen LogP contribution in [0.15, 0.2) is 47.4 Å². The number of hydrogen-bond acceptors (Lipinski definition) is 3. The molecule has 1 amide bonds. The fraction of sp³-hybridized carbons (Fsp3) is 0.381. The van der Waals surface area contributed by atoms with Gasteiger partial charge in [0, 0.05) is 11.1 Å². The molecule has 0 aliphatic carbocycles. The van der Waals surface area contributed by atoms with Gasteiger partial charge >= 0.3 is 0 Å². The number of amides is 1. The van der Waals surface area contributed by atoms with Crippen LogP contribution < -0.4 is 9.62 Å². The first kappa shape index (κ1) is 22.2. The number of halogens is 1. The van der Waals surface area contributed by atoms with Crippen molar-refractivity contribution < 1.29 is 13.2 Å².